The SMILES string of the molecule is CC1(CNS(=O)(=O)c2ccccc2O)CCOCC1. The lowest BCUT2D eigenvalue weighted by molar-refractivity contribution is 0.0264. The summed E-state index contributed by atoms with van der Waals surface area (Å²) in [6.45, 7) is 3.72. The van der Waals surface area contributed by atoms with Crippen LogP contribution in [0.15, 0.2) is 29.2 Å². The van der Waals surface area contributed by atoms with E-state index in [-0.39, 0.29) is 16.1 Å². The molecule has 1 heterocycles. The smallest absolute Gasteiger partial charge is 0.244 e. The van der Waals surface area contributed by atoms with Crippen molar-refractivity contribution in [3.8, 4) is 5.75 Å². The average Bonchev–Trinajstić information content (AvgIpc) is 2.38. The molecule has 0 radical (unpaired) electrons. The number of phenolic OH excluding ortho intramolecular Hbond substituents is 1. The molecule has 0 amide bonds. The topological polar surface area (TPSA) is 75.6 Å². The van der Waals surface area contributed by atoms with Gasteiger partial charge in [0.2, 0.25) is 10.0 Å². The predicted octanol–water partition coefficient (Wildman–Crippen LogP) is 1.49. The van der Waals surface area contributed by atoms with Crippen molar-refractivity contribution in [2.75, 3.05) is 19.8 Å². The highest BCUT2D eigenvalue weighted by Gasteiger charge is 2.29. The quantitative estimate of drug-likeness (QED) is 0.879. The summed E-state index contributed by atoms with van der Waals surface area (Å²) in [5, 5.41) is 9.61. The van der Waals surface area contributed by atoms with Crippen molar-refractivity contribution >= 4 is 10.0 Å². The van der Waals surface area contributed by atoms with Gasteiger partial charge in [-0.2, -0.15) is 0 Å². The summed E-state index contributed by atoms with van der Waals surface area (Å²) < 4.78 is 32.1. The summed E-state index contributed by atoms with van der Waals surface area (Å²) in [6, 6.07) is 5.94. The van der Waals surface area contributed by atoms with E-state index < -0.39 is 10.0 Å². The molecule has 0 bridgehead atoms. The van der Waals surface area contributed by atoms with Gasteiger partial charge in [-0.3, -0.25) is 0 Å². The lowest BCUT2D eigenvalue weighted by Crippen LogP contribution is -2.39. The zero-order valence-electron chi connectivity index (χ0n) is 10.9. The van der Waals surface area contributed by atoms with Crippen LogP contribution in [0.2, 0.25) is 0 Å². The largest absolute Gasteiger partial charge is 0.507 e. The number of sulfonamides is 1. The Hall–Kier alpha value is -1.11. The molecule has 0 aliphatic carbocycles. The Labute approximate surface area is 113 Å². The van der Waals surface area contributed by atoms with E-state index >= 15 is 0 Å². The Kier molecular flexibility index (Phi) is 4.13. The van der Waals surface area contributed by atoms with E-state index in [1.165, 1.54) is 12.1 Å². The van der Waals surface area contributed by atoms with Crippen molar-refractivity contribution in [3.05, 3.63) is 24.3 Å². The van der Waals surface area contributed by atoms with E-state index in [9.17, 15) is 13.5 Å². The molecule has 1 aliphatic rings. The summed E-state index contributed by atoms with van der Waals surface area (Å²) >= 11 is 0. The third kappa shape index (κ3) is 3.46. The van der Waals surface area contributed by atoms with Crippen molar-refractivity contribution < 1.29 is 18.3 Å². The van der Waals surface area contributed by atoms with E-state index in [0.717, 1.165) is 12.8 Å². The average molecular weight is 285 g/mol. The first-order valence-electron chi connectivity index (χ1n) is 6.28. The summed E-state index contributed by atoms with van der Waals surface area (Å²) in [5.41, 5.74) is -0.0876. The van der Waals surface area contributed by atoms with Crippen LogP contribution in [-0.4, -0.2) is 33.3 Å². The fraction of sp³-hybridized carbons (Fsp3) is 0.538. The highest BCUT2D eigenvalue weighted by atomic mass is 32.2. The third-order valence-corrected chi connectivity index (χ3v) is 4.99. The van der Waals surface area contributed by atoms with Gasteiger partial charge in [0.05, 0.1) is 0 Å². The molecule has 106 valence electrons. The molecule has 2 N–H and O–H groups in total. The Balaban J connectivity index is 2.08. The number of rotatable bonds is 4. The summed E-state index contributed by atoms with van der Waals surface area (Å²) in [7, 11) is -3.67. The van der Waals surface area contributed by atoms with Crippen LogP contribution in [0.3, 0.4) is 0 Å². The molecule has 5 nitrogen and oxygen atoms in total. The van der Waals surface area contributed by atoms with E-state index in [1.807, 2.05) is 6.92 Å². The molecular weight excluding hydrogens is 266 g/mol. The summed E-state index contributed by atoms with van der Waals surface area (Å²) in [4.78, 5) is -0.0781. The van der Waals surface area contributed by atoms with Gasteiger partial charge in [-0.05, 0) is 30.4 Å². The molecule has 0 atom stereocenters. The van der Waals surface area contributed by atoms with E-state index in [4.69, 9.17) is 4.74 Å². The number of phenols is 1. The molecule has 19 heavy (non-hydrogen) atoms. The molecule has 0 spiro atoms. The highest BCUT2D eigenvalue weighted by Crippen LogP contribution is 2.30. The molecule has 0 unspecified atom stereocenters. The van der Waals surface area contributed by atoms with Gasteiger partial charge >= 0.3 is 0 Å². The Morgan fingerprint density at radius 1 is 1.32 bits per heavy atom. The number of nitrogens with one attached hydrogen (secondary N) is 1. The van der Waals surface area contributed by atoms with Gasteiger partial charge in [0, 0.05) is 19.8 Å². The van der Waals surface area contributed by atoms with Crippen LogP contribution in [0, 0.1) is 5.41 Å². The number of para-hydroxylation sites is 1. The summed E-state index contributed by atoms with van der Waals surface area (Å²) in [6.07, 6.45) is 1.66. The fourth-order valence-electron chi connectivity index (χ4n) is 2.07. The molecule has 1 aliphatic heterocycles. The minimum absolute atomic E-state index is 0.0781. The second-order valence-corrected chi connectivity index (χ2v) is 6.95. The van der Waals surface area contributed by atoms with Crippen molar-refractivity contribution in [2.45, 2.75) is 24.7 Å². The highest BCUT2D eigenvalue weighted by molar-refractivity contribution is 7.89. The second-order valence-electron chi connectivity index (χ2n) is 5.22. The van der Waals surface area contributed by atoms with Crippen LogP contribution in [-0.2, 0) is 14.8 Å². The number of benzene rings is 1. The van der Waals surface area contributed by atoms with Crippen LogP contribution in [0.5, 0.6) is 5.75 Å². The maximum Gasteiger partial charge on any atom is 0.244 e. The van der Waals surface area contributed by atoms with E-state index in [1.54, 1.807) is 12.1 Å². The van der Waals surface area contributed by atoms with Gasteiger partial charge in [-0.1, -0.05) is 19.1 Å². The molecule has 0 aromatic heterocycles. The monoisotopic (exact) mass is 285 g/mol. The second kappa shape index (κ2) is 5.48. The van der Waals surface area contributed by atoms with Crippen molar-refractivity contribution in [1.29, 1.82) is 0 Å². The lowest BCUT2D eigenvalue weighted by Gasteiger charge is -2.33. The molecule has 1 aromatic carbocycles. The minimum Gasteiger partial charge on any atom is -0.507 e. The van der Waals surface area contributed by atoms with E-state index in [0.29, 0.717) is 19.8 Å². The Morgan fingerprint density at radius 3 is 2.58 bits per heavy atom. The molecule has 1 saturated heterocycles. The minimum atomic E-state index is -3.67. The first-order valence-corrected chi connectivity index (χ1v) is 7.77. The van der Waals surface area contributed by atoms with Gasteiger partial charge in [0.25, 0.3) is 0 Å². The summed E-state index contributed by atoms with van der Waals surface area (Å²) in [5.74, 6) is -0.230. The molecule has 1 fully saturated rings. The number of hydrogen-bond donors (Lipinski definition) is 2. The van der Waals surface area contributed by atoms with Gasteiger partial charge in [0.1, 0.15) is 10.6 Å². The lowest BCUT2D eigenvalue weighted by atomic mass is 9.83. The van der Waals surface area contributed by atoms with Crippen LogP contribution >= 0.6 is 0 Å². The normalized spacial score (nSPS) is 19.2. The molecule has 6 heteroatoms. The van der Waals surface area contributed by atoms with Crippen molar-refractivity contribution in [1.82, 2.24) is 4.72 Å². The van der Waals surface area contributed by atoms with Gasteiger partial charge in [-0.25, -0.2) is 13.1 Å². The predicted molar refractivity (Wildman–Crippen MR) is 71.5 cm³/mol. The number of hydrogen-bond acceptors (Lipinski definition) is 4. The zero-order valence-corrected chi connectivity index (χ0v) is 11.7. The fourth-order valence-corrected chi connectivity index (χ4v) is 3.37. The first-order chi connectivity index (χ1) is 8.93. The Morgan fingerprint density at radius 2 is 1.95 bits per heavy atom. The standard InChI is InChI=1S/C13H19NO4S/c1-13(6-8-18-9-7-13)10-14-19(16,17)12-5-3-2-4-11(12)15/h2-5,14-15H,6-10H2,1H3. The van der Waals surface area contributed by atoms with Crippen molar-refractivity contribution in [2.24, 2.45) is 5.41 Å². The first kappa shape index (κ1) is 14.3. The number of ether oxygens (including phenoxy) is 1. The van der Waals surface area contributed by atoms with Crippen molar-refractivity contribution in [3.63, 3.8) is 0 Å². The Bertz CT molecular complexity index is 535. The van der Waals surface area contributed by atoms with Crippen LogP contribution in [0.4, 0.5) is 0 Å². The number of aromatic hydroxyl groups is 1. The van der Waals surface area contributed by atoms with Crippen LogP contribution in [0.25, 0.3) is 0 Å². The van der Waals surface area contributed by atoms with E-state index in [2.05, 4.69) is 4.72 Å². The molecule has 1 aromatic rings. The van der Waals surface area contributed by atoms with Crippen LogP contribution in [0.1, 0.15) is 19.8 Å². The maximum absolute atomic E-state index is 12.1. The third-order valence-electron chi connectivity index (χ3n) is 3.54. The van der Waals surface area contributed by atoms with Gasteiger partial charge in [0.15, 0.2) is 0 Å². The zero-order chi connectivity index (χ0) is 13.9. The maximum atomic E-state index is 12.1. The molecule has 2 rings (SSSR count). The van der Waals surface area contributed by atoms with Crippen LogP contribution < -0.4 is 4.72 Å². The van der Waals surface area contributed by atoms with Gasteiger partial charge in [-0.15, -0.1) is 0 Å². The molecular formula is C13H19NO4S. The molecule has 0 saturated carbocycles. The van der Waals surface area contributed by atoms with Gasteiger partial charge < -0.3 is 9.84 Å².